The molecule has 0 saturated carbocycles. The van der Waals surface area contributed by atoms with E-state index in [1.807, 2.05) is 38.1 Å². The van der Waals surface area contributed by atoms with Crippen molar-refractivity contribution in [2.24, 2.45) is 0 Å². The zero-order valence-corrected chi connectivity index (χ0v) is 12.7. The minimum atomic E-state index is -0.189. The van der Waals surface area contributed by atoms with Crippen LogP contribution in [0.1, 0.15) is 35.0 Å². The van der Waals surface area contributed by atoms with Gasteiger partial charge in [-0.25, -0.2) is 4.98 Å². The predicted octanol–water partition coefficient (Wildman–Crippen LogP) is 3.77. The molecule has 1 amide bonds. The lowest BCUT2D eigenvalue weighted by Crippen LogP contribution is -2.14. The molecule has 2 rings (SSSR count). The molecule has 0 radical (unpaired) electrons. The van der Waals surface area contributed by atoms with Gasteiger partial charge in [0.05, 0.1) is 11.9 Å². The Morgan fingerprint density at radius 1 is 1.19 bits per heavy atom. The highest BCUT2D eigenvalue weighted by molar-refractivity contribution is 6.03. The second-order valence-corrected chi connectivity index (χ2v) is 5.13. The van der Waals surface area contributed by atoms with Gasteiger partial charge in [-0.2, -0.15) is 0 Å². The molecule has 2 N–H and O–H groups in total. The molecule has 4 nitrogen and oxygen atoms in total. The molecule has 0 aliphatic carbocycles. The molecular weight excluding hydrogens is 262 g/mol. The van der Waals surface area contributed by atoms with E-state index in [0.29, 0.717) is 5.69 Å². The smallest absolute Gasteiger partial charge is 0.274 e. The number of benzene rings is 1. The third kappa shape index (κ3) is 4.05. The molecule has 0 spiro atoms. The molecule has 21 heavy (non-hydrogen) atoms. The van der Waals surface area contributed by atoms with E-state index in [2.05, 4.69) is 22.5 Å². The first kappa shape index (κ1) is 15.0. The molecule has 4 heteroatoms. The van der Waals surface area contributed by atoms with E-state index in [9.17, 15) is 4.79 Å². The number of nitrogens with one attached hydrogen (secondary N) is 2. The van der Waals surface area contributed by atoms with Gasteiger partial charge in [0.15, 0.2) is 0 Å². The summed E-state index contributed by atoms with van der Waals surface area (Å²) in [4.78, 5) is 16.4. The summed E-state index contributed by atoms with van der Waals surface area (Å²) in [5.74, 6) is -0.189. The van der Waals surface area contributed by atoms with Crippen LogP contribution in [0.3, 0.4) is 0 Å². The number of rotatable bonds is 5. The summed E-state index contributed by atoms with van der Waals surface area (Å²) in [5, 5.41) is 6.14. The number of anilines is 2. The Kier molecular flexibility index (Phi) is 4.93. The van der Waals surface area contributed by atoms with Crippen LogP contribution in [0.5, 0.6) is 0 Å². The standard InChI is InChI=1S/C17H21N3O/c1-4-9-18-14-7-8-15(19-11-14)17(21)20-16-10-12(2)5-6-13(16)3/h5-8,10-11,18H,4,9H2,1-3H3,(H,20,21). The molecule has 0 bridgehead atoms. The Morgan fingerprint density at radius 3 is 2.67 bits per heavy atom. The lowest BCUT2D eigenvalue weighted by molar-refractivity contribution is 0.102. The maximum absolute atomic E-state index is 12.2. The van der Waals surface area contributed by atoms with Crippen molar-refractivity contribution in [2.45, 2.75) is 27.2 Å². The van der Waals surface area contributed by atoms with Crippen molar-refractivity contribution in [1.29, 1.82) is 0 Å². The number of aromatic nitrogens is 1. The third-order valence-electron chi connectivity index (χ3n) is 3.22. The van der Waals surface area contributed by atoms with E-state index in [-0.39, 0.29) is 5.91 Å². The average Bonchev–Trinajstić information content (AvgIpc) is 2.49. The molecule has 1 aromatic heterocycles. The molecule has 0 aliphatic rings. The van der Waals surface area contributed by atoms with E-state index in [4.69, 9.17) is 0 Å². The van der Waals surface area contributed by atoms with Crippen molar-refractivity contribution < 1.29 is 4.79 Å². The van der Waals surface area contributed by atoms with Gasteiger partial charge in [-0.15, -0.1) is 0 Å². The van der Waals surface area contributed by atoms with Crippen LogP contribution in [0.4, 0.5) is 11.4 Å². The van der Waals surface area contributed by atoms with Crippen molar-refractivity contribution in [1.82, 2.24) is 4.98 Å². The topological polar surface area (TPSA) is 54.0 Å². The number of hydrogen-bond donors (Lipinski definition) is 2. The number of carbonyl (C=O) groups is 1. The molecule has 1 heterocycles. The normalized spacial score (nSPS) is 10.2. The maximum Gasteiger partial charge on any atom is 0.274 e. The van der Waals surface area contributed by atoms with Crippen LogP contribution in [-0.4, -0.2) is 17.4 Å². The SMILES string of the molecule is CCCNc1ccc(C(=O)Nc2cc(C)ccc2C)nc1. The van der Waals surface area contributed by atoms with Gasteiger partial charge in [0.2, 0.25) is 0 Å². The van der Waals surface area contributed by atoms with Crippen LogP contribution in [0.2, 0.25) is 0 Å². The van der Waals surface area contributed by atoms with Crippen molar-refractivity contribution in [3.05, 3.63) is 53.3 Å². The van der Waals surface area contributed by atoms with E-state index < -0.39 is 0 Å². The van der Waals surface area contributed by atoms with Gasteiger partial charge >= 0.3 is 0 Å². The van der Waals surface area contributed by atoms with E-state index in [0.717, 1.165) is 35.5 Å². The quantitative estimate of drug-likeness (QED) is 0.878. The number of hydrogen-bond acceptors (Lipinski definition) is 3. The molecule has 2 aromatic rings. The highest BCUT2D eigenvalue weighted by Crippen LogP contribution is 2.17. The number of amides is 1. The predicted molar refractivity (Wildman–Crippen MR) is 86.9 cm³/mol. The summed E-state index contributed by atoms with van der Waals surface area (Å²) in [6.45, 7) is 6.98. The number of aryl methyl sites for hydroxylation is 2. The summed E-state index contributed by atoms with van der Waals surface area (Å²) in [6, 6.07) is 9.59. The van der Waals surface area contributed by atoms with Crippen LogP contribution in [0, 0.1) is 13.8 Å². The third-order valence-corrected chi connectivity index (χ3v) is 3.22. The molecule has 0 saturated heterocycles. The van der Waals surface area contributed by atoms with Gasteiger partial charge in [0, 0.05) is 12.2 Å². The monoisotopic (exact) mass is 283 g/mol. The fraction of sp³-hybridized carbons (Fsp3) is 0.294. The van der Waals surface area contributed by atoms with E-state index in [1.54, 1.807) is 12.3 Å². The van der Waals surface area contributed by atoms with Crippen molar-refractivity contribution in [2.75, 3.05) is 17.2 Å². The lowest BCUT2D eigenvalue weighted by atomic mass is 10.1. The van der Waals surface area contributed by atoms with E-state index >= 15 is 0 Å². The first-order chi connectivity index (χ1) is 10.1. The van der Waals surface area contributed by atoms with Gasteiger partial charge in [0.1, 0.15) is 5.69 Å². The summed E-state index contributed by atoms with van der Waals surface area (Å²) in [7, 11) is 0. The summed E-state index contributed by atoms with van der Waals surface area (Å²) in [6.07, 6.45) is 2.74. The first-order valence-corrected chi connectivity index (χ1v) is 7.18. The van der Waals surface area contributed by atoms with Gasteiger partial charge < -0.3 is 10.6 Å². The van der Waals surface area contributed by atoms with E-state index in [1.165, 1.54) is 0 Å². The van der Waals surface area contributed by atoms with Gasteiger partial charge in [0.25, 0.3) is 5.91 Å². The Morgan fingerprint density at radius 2 is 2.00 bits per heavy atom. The molecular formula is C17H21N3O. The largest absolute Gasteiger partial charge is 0.384 e. The maximum atomic E-state index is 12.2. The fourth-order valence-corrected chi connectivity index (χ4v) is 1.96. The second-order valence-electron chi connectivity index (χ2n) is 5.13. The number of carbonyl (C=O) groups excluding carboxylic acids is 1. The van der Waals surface area contributed by atoms with Crippen LogP contribution in [0.25, 0.3) is 0 Å². The molecule has 0 aliphatic heterocycles. The fourth-order valence-electron chi connectivity index (χ4n) is 1.96. The second kappa shape index (κ2) is 6.88. The Hall–Kier alpha value is -2.36. The van der Waals surface area contributed by atoms with Crippen LogP contribution in [-0.2, 0) is 0 Å². The highest BCUT2D eigenvalue weighted by Gasteiger charge is 2.09. The minimum Gasteiger partial charge on any atom is -0.384 e. The summed E-state index contributed by atoms with van der Waals surface area (Å²) >= 11 is 0. The zero-order valence-electron chi connectivity index (χ0n) is 12.7. The van der Waals surface area contributed by atoms with Gasteiger partial charge in [-0.05, 0) is 49.6 Å². The molecule has 0 fully saturated rings. The van der Waals surface area contributed by atoms with Crippen molar-refractivity contribution >= 4 is 17.3 Å². The Bertz CT molecular complexity index is 620. The lowest BCUT2D eigenvalue weighted by Gasteiger charge is -2.09. The van der Waals surface area contributed by atoms with Crippen LogP contribution < -0.4 is 10.6 Å². The van der Waals surface area contributed by atoms with Crippen molar-refractivity contribution in [3.63, 3.8) is 0 Å². The Labute approximate surface area is 125 Å². The number of pyridine rings is 1. The highest BCUT2D eigenvalue weighted by atomic mass is 16.1. The molecule has 1 aromatic carbocycles. The van der Waals surface area contributed by atoms with Crippen molar-refractivity contribution in [3.8, 4) is 0 Å². The molecule has 110 valence electrons. The van der Waals surface area contributed by atoms with Gasteiger partial charge in [-0.3, -0.25) is 4.79 Å². The summed E-state index contributed by atoms with van der Waals surface area (Å²) < 4.78 is 0. The van der Waals surface area contributed by atoms with Crippen LogP contribution in [0.15, 0.2) is 36.5 Å². The minimum absolute atomic E-state index is 0.189. The average molecular weight is 283 g/mol. The molecule has 0 unspecified atom stereocenters. The molecule has 0 atom stereocenters. The Balaban J connectivity index is 2.07. The van der Waals surface area contributed by atoms with Gasteiger partial charge in [-0.1, -0.05) is 19.1 Å². The number of nitrogens with zero attached hydrogens (tertiary/aromatic N) is 1. The summed E-state index contributed by atoms with van der Waals surface area (Å²) in [5.41, 5.74) is 4.33. The first-order valence-electron chi connectivity index (χ1n) is 7.18. The van der Waals surface area contributed by atoms with Crippen LogP contribution >= 0.6 is 0 Å². The zero-order chi connectivity index (χ0) is 15.2.